The van der Waals surface area contributed by atoms with Crippen molar-refractivity contribution < 1.29 is 19.7 Å². The maximum atomic E-state index is 10.9. The summed E-state index contributed by atoms with van der Waals surface area (Å²) >= 11 is 0. The Hall–Kier alpha value is -1.01. The lowest BCUT2D eigenvalue weighted by atomic mass is 9.90. The molecule has 2 N–H and O–H groups in total. The molecule has 2 radical (unpaired) electrons. The first-order valence-electron chi connectivity index (χ1n) is 6.21. The average Bonchev–Trinajstić information content (AvgIpc) is 2.27. The molecule has 1 aliphatic rings. The molecule has 6 heteroatoms. The van der Waals surface area contributed by atoms with Crippen molar-refractivity contribution in [2.45, 2.75) is 45.3 Å². The Labute approximate surface area is 116 Å². The third-order valence-corrected chi connectivity index (χ3v) is 3.17. The Kier molecular flexibility index (Phi) is 6.59. The Bertz CT molecular complexity index is 317. The van der Waals surface area contributed by atoms with Crippen molar-refractivity contribution in [2.75, 3.05) is 20.2 Å². The zero-order valence-corrected chi connectivity index (χ0v) is 12.4. The second-order valence-electron chi connectivity index (χ2n) is 5.56. The minimum atomic E-state index is -1.01. The third kappa shape index (κ3) is 6.64. The van der Waals surface area contributed by atoms with Gasteiger partial charge in [-0.05, 0) is 34.1 Å². The van der Waals surface area contributed by atoms with Gasteiger partial charge < -0.3 is 19.8 Å². The van der Waals surface area contributed by atoms with Crippen molar-refractivity contribution >= 4 is 13.9 Å². The molecule has 0 aromatic carbocycles. The van der Waals surface area contributed by atoms with Crippen LogP contribution in [0.1, 0.15) is 34.1 Å². The molecule has 0 aliphatic carbocycles. The van der Waals surface area contributed by atoms with Gasteiger partial charge in [-0.3, -0.25) is 0 Å². The monoisotopic (exact) mass is 269 g/mol. The quantitative estimate of drug-likeness (QED) is 0.698. The highest BCUT2D eigenvalue weighted by Gasteiger charge is 2.31. The minimum Gasteiger partial charge on any atom is -0.453 e. The lowest BCUT2D eigenvalue weighted by Gasteiger charge is -2.31. The summed E-state index contributed by atoms with van der Waals surface area (Å²) in [5, 5.41) is 18.2. The summed E-state index contributed by atoms with van der Waals surface area (Å²) in [6.45, 7) is 7.54. The molecule has 0 fully saturated rings. The number of hydrogen-bond donors (Lipinski definition) is 2. The summed E-state index contributed by atoms with van der Waals surface area (Å²) in [6, 6.07) is 0. The van der Waals surface area contributed by atoms with Crippen LogP contribution in [0.3, 0.4) is 0 Å². The second kappa shape index (κ2) is 6.96. The predicted octanol–water partition coefficient (Wildman–Crippen LogP) is 1.04. The SMILES string of the molecule is CC(C)(O)C(C)(C)O.[B]C1=CCN(C(=O)OC)CC1. The van der Waals surface area contributed by atoms with Gasteiger partial charge in [0.1, 0.15) is 7.85 Å². The number of rotatable bonds is 1. The first kappa shape index (κ1) is 18.0. The fourth-order valence-corrected chi connectivity index (χ4v) is 0.980. The van der Waals surface area contributed by atoms with Crippen molar-refractivity contribution in [3.63, 3.8) is 0 Å². The van der Waals surface area contributed by atoms with E-state index < -0.39 is 11.2 Å². The molecule has 19 heavy (non-hydrogen) atoms. The molecule has 0 spiro atoms. The van der Waals surface area contributed by atoms with Crippen LogP contribution in [0, 0.1) is 0 Å². The largest absolute Gasteiger partial charge is 0.453 e. The number of ether oxygens (including phenoxy) is 1. The molecule has 0 aromatic heterocycles. The molecular weight excluding hydrogens is 245 g/mol. The van der Waals surface area contributed by atoms with Gasteiger partial charge in [0.25, 0.3) is 0 Å². The number of carbonyl (C=O) groups is 1. The van der Waals surface area contributed by atoms with Gasteiger partial charge in [-0.1, -0.05) is 6.08 Å². The first-order chi connectivity index (χ1) is 8.49. The van der Waals surface area contributed by atoms with Crippen LogP contribution in [-0.4, -0.2) is 60.5 Å². The van der Waals surface area contributed by atoms with Crippen molar-refractivity contribution in [2.24, 2.45) is 0 Å². The van der Waals surface area contributed by atoms with Gasteiger partial charge in [-0.15, -0.1) is 5.47 Å². The number of amides is 1. The third-order valence-electron chi connectivity index (χ3n) is 3.17. The van der Waals surface area contributed by atoms with E-state index in [9.17, 15) is 4.79 Å². The maximum Gasteiger partial charge on any atom is 0.409 e. The van der Waals surface area contributed by atoms with Gasteiger partial charge >= 0.3 is 6.09 Å². The number of hydrogen-bond acceptors (Lipinski definition) is 4. The van der Waals surface area contributed by atoms with E-state index in [1.165, 1.54) is 7.11 Å². The summed E-state index contributed by atoms with van der Waals surface area (Å²) in [5.74, 6) is 0. The van der Waals surface area contributed by atoms with E-state index in [4.69, 9.17) is 18.1 Å². The van der Waals surface area contributed by atoms with Gasteiger partial charge in [-0.2, -0.15) is 0 Å². The smallest absolute Gasteiger partial charge is 0.409 e. The Morgan fingerprint density at radius 1 is 1.32 bits per heavy atom. The second-order valence-corrected chi connectivity index (χ2v) is 5.56. The number of aliphatic hydroxyl groups is 2. The fraction of sp³-hybridized carbons (Fsp3) is 0.769. The van der Waals surface area contributed by atoms with Crippen LogP contribution in [-0.2, 0) is 4.74 Å². The summed E-state index contributed by atoms with van der Waals surface area (Å²) in [4.78, 5) is 12.5. The Morgan fingerprint density at radius 3 is 2.05 bits per heavy atom. The number of carbonyl (C=O) groups excluding carboxylic acids is 1. The van der Waals surface area contributed by atoms with E-state index in [1.807, 2.05) is 6.08 Å². The molecule has 0 atom stereocenters. The topological polar surface area (TPSA) is 70.0 Å². The van der Waals surface area contributed by atoms with Crippen molar-refractivity contribution in [3.8, 4) is 0 Å². The summed E-state index contributed by atoms with van der Waals surface area (Å²) < 4.78 is 4.54. The minimum absolute atomic E-state index is 0.284. The zero-order chi connectivity index (χ0) is 15.3. The maximum absolute atomic E-state index is 10.9. The Balaban J connectivity index is 0.000000362. The molecule has 1 rings (SSSR count). The molecule has 108 valence electrons. The molecule has 1 heterocycles. The zero-order valence-electron chi connectivity index (χ0n) is 12.4. The van der Waals surface area contributed by atoms with Crippen molar-refractivity contribution in [3.05, 3.63) is 11.5 Å². The van der Waals surface area contributed by atoms with E-state index in [2.05, 4.69) is 4.74 Å². The fourth-order valence-electron chi connectivity index (χ4n) is 0.980. The van der Waals surface area contributed by atoms with E-state index in [1.54, 1.807) is 32.6 Å². The molecule has 0 bridgehead atoms. The highest BCUT2D eigenvalue weighted by atomic mass is 16.5. The summed E-state index contributed by atoms with van der Waals surface area (Å²) in [6.07, 6.45) is 2.30. The van der Waals surface area contributed by atoms with Gasteiger partial charge in [0.05, 0.1) is 18.3 Å². The molecule has 0 unspecified atom stereocenters. The van der Waals surface area contributed by atoms with Gasteiger partial charge in [0.15, 0.2) is 0 Å². The van der Waals surface area contributed by atoms with E-state index in [-0.39, 0.29) is 6.09 Å². The molecule has 1 amide bonds. The van der Waals surface area contributed by atoms with Crippen LogP contribution < -0.4 is 0 Å². The van der Waals surface area contributed by atoms with Crippen LogP contribution in [0.5, 0.6) is 0 Å². The van der Waals surface area contributed by atoms with Gasteiger partial charge in [-0.25, -0.2) is 4.79 Å². The summed E-state index contributed by atoms with van der Waals surface area (Å²) in [5.41, 5.74) is -1.16. The molecular formula is C13H24BNO4. The predicted molar refractivity (Wildman–Crippen MR) is 75.0 cm³/mol. The highest BCUT2D eigenvalue weighted by molar-refractivity contribution is 6.21. The summed E-state index contributed by atoms with van der Waals surface area (Å²) in [7, 11) is 6.90. The Morgan fingerprint density at radius 2 is 1.79 bits per heavy atom. The first-order valence-corrected chi connectivity index (χ1v) is 6.21. The van der Waals surface area contributed by atoms with Crippen LogP contribution in [0.15, 0.2) is 11.5 Å². The van der Waals surface area contributed by atoms with E-state index >= 15 is 0 Å². The van der Waals surface area contributed by atoms with E-state index in [0.717, 1.165) is 11.9 Å². The average molecular weight is 269 g/mol. The van der Waals surface area contributed by atoms with Crippen LogP contribution in [0.4, 0.5) is 4.79 Å². The number of methoxy groups -OCH3 is 1. The van der Waals surface area contributed by atoms with Crippen LogP contribution in [0.2, 0.25) is 0 Å². The normalized spacial score (nSPS) is 16.2. The van der Waals surface area contributed by atoms with Crippen LogP contribution >= 0.6 is 0 Å². The van der Waals surface area contributed by atoms with Gasteiger partial charge in [0, 0.05) is 13.1 Å². The van der Waals surface area contributed by atoms with Gasteiger partial charge in [0.2, 0.25) is 0 Å². The molecule has 0 saturated carbocycles. The lowest BCUT2D eigenvalue weighted by Crippen LogP contribution is -2.44. The standard InChI is InChI=1S/C7H10BNO2.C6H14O2/c1-11-7(10)9-4-2-6(8)3-5-9;1-5(2,7)6(3,4)8/h2H,3-5H2,1H3;7-8H,1-4H3. The molecule has 1 aliphatic heterocycles. The van der Waals surface area contributed by atoms with Crippen molar-refractivity contribution in [1.29, 1.82) is 0 Å². The van der Waals surface area contributed by atoms with Crippen LogP contribution in [0.25, 0.3) is 0 Å². The highest BCUT2D eigenvalue weighted by Crippen LogP contribution is 2.19. The van der Waals surface area contributed by atoms with E-state index in [0.29, 0.717) is 13.1 Å². The molecule has 0 aromatic rings. The molecule has 0 saturated heterocycles. The molecule has 5 nitrogen and oxygen atoms in total. The number of nitrogens with zero attached hydrogens (tertiary/aromatic N) is 1. The lowest BCUT2D eigenvalue weighted by molar-refractivity contribution is -0.107. The van der Waals surface area contributed by atoms with Crippen molar-refractivity contribution in [1.82, 2.24) is 4.90 Å².